The van der Waals surface area contributed by atoms with E-state index in [-0.39, 0.29) is 18.0 Å². The zero-order chi connectivity index (χ0) is 15.7. The molecule has 0 spiro atoms. The molecule has 2 nitrogen and oxygen atoms in total. The van der Waals surface area contributed by atoms with Crippen LogP contribution in [0.4, 0.5) is 8.78 Å². The van der Waals surface area contributed by atoms with E-state index in [1.54, 1.807) is 11.8 Å². The van der Waals surface area contributed by atoms with Crippen LogP contribution in [-0.2, 0) is 4.79 Å². The SMILES string of the molecule is CC(C)N(C(=O)C(C)(C)C)C(C)c1cc(F)cc(F)c1. The van der Waals surface area contributed by atoms with Crippen molar-refractivity contribution >= 4 is 5.91 Å². The number of nitrogens with zero attached hydrogens (tertiary/aromatic N) is 1. The third-order valence-electron chi connectivity index (χ3n) is 3.22. The minimum atomic E-state index is -0.626. The van der Waals surface area contributed by atoms with Gasteiger partial charge in [0.2, 0.25) is 5.91 Å². The summed E-state index contributed by atoms with van der Waals surface area (Å²) in [6.07, 6.45) is 0. The highest BCUT2D eigenvalue weighted by molar-refractivity contribution is 5.82. The maximum absolute atomic E-state index is 13.3. The fourth-order valence-corrected chi connectivity index (χ4v) is 2.22. The van der Waals surface area contributed by atoms with E-state index in [0.29, 0.717) is 5.56 Å². The predicted octanol–water partition coefficient (Wildman–Crippen LogP) is 4.31. The minimum Gasteiger partial charge on any atom is -0.333 e. The molecule has 1 atom stereocenters. The van der Waals surface area contributed by atoms with E-state index in [1.165, 1.54) is 12.1 Å². The second kappa shape index (κ2) is 5.90. The van der Waals surface area contributed by atoms with Crippen LogP contribution in [0.3, 0.4) is 0 Å². The van der Waals surface area contributed by atoms with Crippen molar-refractivity contribution in [1.82, 2.24) is 4.90 Å². The summed E-state index contributed by atoms with van der Waals surface area (Å²) < 4.78 is 26.7. The van der Waals surface area contributed by atoms with Crippen molar-refractivity contribution in [3.63, 3.8) is 0 Å². The first-order valence-corrected chi connectivity index (χ1v) is 6.82. The van der Waals surface area contributed by atoms with Gasteiger partial charge in [0.25, 0.3) is 0 Å². The van der Waals surface area contributed by atoms with Crippen LogP contribution in [0.5, 0.6) is 0 Å². The Labute approximate surface area is 119 Å². The molecule has 0 bridgehead atoms. The van der Waals surface area contributed by atoms with Crippen LogP contribution in [-0.4, -0.2) is 16.8 Å². The highest BCUT2D eigenvalue weighted by atomic mass is 19.1. The number of hydrogen-bond donors (Lipinski definition) is 0. The summed E-state index contributed by atoms with van der Waals surface area (Å²) in [5.74, 6) is -1.29. The predicted molar refractivity (Wildman–Crippen MR) is 76.2 cm³/mol. The molecule has 0 N–H and O–H groups in total. The summed E-state index contributed by atoms with van der Waals surface area (Å²) in [6, 6.07) is 2.95. The van der Waals surface area contributed by atoms with Gasteiger partial charge in [0.05, 0.1) is 6.04 Å². The Kier molecular flexibility index (Phi) is 4.90. The molecule has 0 aliphatic rings. The summed E-state index contributed by atoms with van der Waals surface area (Å²) in [5, 5.41) is 0. The zero-order valence-corrected chi connectivity index (χ0v) is 13.0. The van der Waals surface area contributed by atoms with E-state index in [9.17, 15) is 13.6 Å². The first-order valence-electron chi connectivity index (χ1n) is 6.82. The summed E-state index contributed by atoms with van der Waals surface area (Å²) in [6.45, 7) is 11.1. The Balaban J connectivity index is 3.18. The minimum absolute atomic E-state index is 0.0373. The van der Waals surface area contributed by atoms with Crippen LogP contribution in [0.25, 0.3) is 0 Å². The molecule has 0 saturated carbocycles. The quantitative estimate of drug-likeness (QED) is 0.809. The maximum Gasteiger partial charge on any atom is 0.228 e. The van der Waals surface area contributed by atoms with Crippen molar-refractivity contribution in [3.05, 3.63) is 35.4 Å². The van der Waals surface area contributed by atoms with Gasteiger partial charge in [0.15, 0.2) is 0 Å². The lowest BCUT2D eigenvalue weighted by molar-refractivity contribution is -0.143. The van der Waals surface area contributed by atoms with E-state index >= 15 is 0 Å². The smallest absolute Gasteiger partial charge is 0.228 e. The van der Waals surface area contributed by atoms with Crippen molar-refractivity contribution in [1.29, 1.82) is 0 Å². The van der Waals surface area contributed by atoms with Crippen LogP contribution in [0.2, 0.25) is 0 Å². The molecule has 20 heavy (non-hydrogen) atoms. The van der Waals surface area contributed by atoms with Crippen molar-refractivity contribution in [3.8, 4) is 0 Å². The average Bonchev–Trinajstić information content (AvgIpc) is 2.25. The Morgan fingerprint density at radius 2 is 1.50 bits per heavy atom. The van der Waals surface area contributed by atoms with Crippen molar-refractivity contribution in [2.24, 2.45) is 5.41 Å². The van der Waals surface area contributed by atoms with Crippen molar-refractivity contribution in [2.75, 3.05) is 0 Å². The molecule has 0 aromatic heterocycles. The van der Waals surface area contributed by atoms with Crippen LogP contribution in [0.15, 0.2) is 18.2 Å². The fourth-order valence-electron chi connectivity index (χ4n) is 2.22. The second-order valence-electron chi connectivity index (χ2n) is 6.43. The van der Waals surface area contributed by atoms with Crippen LogP contribution >= 0.6 is 0 Å². The summed E-state index contributed by atoms with van der Waals surface area (Å²) in [5.41, 5.74) is -0.0708. The number of rotatable bonds is 3. The van der Waals surface area contributed by atoms with E-state index in [1.807, 2.05) is 34.6 Å². The Morgan fingerprint density at radius 3 is 1.85 bits per heavy atom. The first kappa shape index (κ1) is 16.6. The summed E-state index contributed by atoms with van der Waals surface area (Å²) in [7, 11) is 0. The summed E-state index contributed by atoms with van der Waals surface area (Å²) >= 11 is 0. The third kappa shape index (κ3) is 3.78. The Morgan fingerprint density at radius 1 is 1.05 bits per heavy atom. The molecular weight excluding hydrogens is 260 g/mol. The van der Waals surface area contributed by atoms with Gasteiger partial charge in [-0.05, 0) is 38.5 Å². The van der Waals surface area contributed by atoms with Gasteiger partial charge >= 0.3 is 0 Å². The number of amides is 1. The third-order valence-corrected chi connectivity index (χ3v) is 3.22. The first-order chi connectivity index (χ1) is 9.04. The van der Waals surface area contributed by atoms with Gasteiger partial charge in [0, 0.05) is 17.5 Å². The van der Waals surface area contributed by atoms with Gasteiger partial charge in [-0.25, -0.2) is 8.78 Å². The molecule has 0 radical (unpaired) electrons. The molecule has 1 rings (SSSR count). The molecule has 4 heteroatoms. The van der Waals surface area contributed by atoms with E-state index in [2.05, 4.69) is 0 Å². The van der Waals surface area contributed by atoms with Gasteiger partial charge in [-0.15, -0.1) is 0 Å². The van der Waals surface area contributed by atoms with Gasteiger partial charge in [-0.1, -0.05) is 20.8 Å². The molecule has 1 unspecified atom stereocenters. The molecule has 0 saturated heterocycles. The molecular formula is C16H23F2NO. The molecule has 1 aromatic rings. The highest BCUT2D eigenvalue weighted by Crippen LogP contribution is 2.29. The fraction of sp³-hybridized carbons (Fsp3) is 0.562. The van der Waals surface area contributed by atoms with Crippen LogP contribution < -0.4 is 0 Å². The van der Waals surface area contributed by atoms with Gasteiger partial charge in [-0.2, -0.15) is 0 Å². The Bertz CT molecular complexity index is 471. The molecule has 112 valence electrons. The van der Waals surface area contributed by atoms with Gasteiger partial charge in [0.1, 0.15) is 11.6 Å². The number of halogens is 2. The van der Waals surface area contributed by atoms with E-state index < -0.39 is 17.0 Å². The van der Waals surface area contributed by atoms with Crippen molar-refractivity contribution in [2.45, 2.75) is 53.6 Å². The molecule has 0 aliphatic carbocycles. The molecule has 0 fully saturated rings. The highest BCUT2D eigenvalue weighted by Gasteiger charge is 2.32. The Hall–Kier alpha value is -1.45. The van der Waals surface area contributed by atoms with E-state index in [4.69, 9.17) is 0 Å². The lowest BCUT2D eigenvalue weighted by Crippen LogP contribution is -2.45. The second-order valence-corrected chi connectivity index (χ2v) is 6.43. The van der Waals surface area contributed by atoms with Gasteiger partial charge < -0.3 is 4.90 Å². The lowest BCUT2D eigenvalue weighted by atomic mass is 9.92. The van der Waals surface area contributed by atoms with Gasteiger partial charge in [-0.3, -0.25) is 4.79 Å². The number of carbonyl (C=O) groups is 1. The van der Waals surface area contributed by atoms with E-state index in [0.717, 1.165) is 6.07 Å². The standard InChI is InChI=1S/C16H23F2NO/c1-10(2)19(15(20)16(4,5)6)11(3)12-7-13(17)9-14(18)8-12/h7-11H,1-6H3. The molecule has 0 heterocycles. The average molecular weight is 283 g/mol. The molecule has 1 aromatic carbocycles. The largest absolute Gasteiger partial charge is 0.333 e. The monoisotopic (exact) mass is 283 g/mol. The number of carbonyl (C=O) groups excluding carboxylic acids is 1. The topological polar surface area (TPSA) is 20.3 Å². The normalized spacial score (nSPS) is 13.4. The molecule has 1 amide bonds. The van der Waals surface area contributed by atoms with Crippen LogP contribution in [0, 0.1) is 17.0 Å². The molecule has 0 aliphatic heterocycles. The van der Waals surface area contributed by atoms with Crippen LogP contribution in [0.1, 0.15) is 53.1 Å². The lowest BCUT2D eigenvalue weighted by Gasteiger charge is -2.37. The number of hydrogen-bond acceptors (Lipinski definition) is 1. The maximum atomic E-state index is 13.3. The number of benzene rings is 1. The summed E-state index contributed by atoms with van der Waals surface area (Å²) in [4.78, 5) is 14.2. The zero-order valence-electron chi connectivity index (χ0n) is 13.0. The van der Waals surface area contributed by atoms with Crippen molar-refractivity contribution < 1.29 is 13.6 Å².